The van der Waals surface area contributed by atoms with Crippen LogP contribution in [0.5, 0.6) is 5.75 Å². The van der Waals surface area contributed by atoms with E-state index in [1.165, 1.54) is 51.3 Å². The van der Waals surface area contributed by atoms with E-state index in [4.69, 9.17) is 4.74 Å². The van der Waals surface area contributed by atoms with Gasteiger partial charge in [-0.05, 0) is 103 Å². The number of methoxy groups -OCH3 is 1. The van der Waals surface area contributed by atoms with Gasteiger partial charge in [-0.2, -0.15) is 4.39 Å². The van der Waals surface area contributed by atoms with E-state index >= 15 is 4.39 Å². The Labute approximate surface area is 230 Å². The van der Waals surface area contributed by atoms with Crippen LogP contribution >= 0.6 is 0 Å². The van der Waals surface area contributed by atoms with Gasteiger partial charge in [0.2, 0.25) is 5.82 Å². The standard InChI is InChI=1S/C35H37F3O/c1-3-4-5-23-6-8-24(9-7-23)25-10-14-27(15-11-25)30-19-18-29(22-32(30)36)26-12-16-28(17-13-26)31-20-21-33(39-2)35(38)34(31)37/h3,12-14,16-25H,1,4-11,15H2,2H3. The van der Waals surface area contributed by atoms with Crippen LogP contribution in [-0.4, -0.2) is 7.11 Å². The Morgan fingerprint density at radius 3 is 2.13 bits per heavy atom. The molecule has 2 aliphatic rings. The Hall–Kier alpha value is -3.27. The molecule has 1 atom stereocenters. The summed E-state index contributed by atoms with van der Waals surface area (Å²) in [4.78, 5) is 0. The van der Waals surface area contributed by atoms with Crippen molar-refractivity contribution in [2.24, 2.45) is 17.8 Å². The molecule has 1 fully saturated rings. The summed E-state index contributed by atoms with van der Waals surface area (Å²) in [5, 5.41) is 0. The molecule has 39 heavy (non-hydrogen) atoms. The smallest absolute Gasteiger partial charge is 0.201 e. The Morgan fingerprint density at radius 2 is 1.49 bits per heavy atom. The summed E-state index contributed by atoms with van der Waals surface area (Å²) in [5.74, 6) is 0.0916. The van der Waals surface area contributed by atoms with E-state index < -0.39 is 11.6 Å². The van der Waals surface area contributed by atoms with Crippen molar-refractivity contribution in [1.82, 2.24) is 0 Å². The lowest BCUT2D eigenvalue weighted by Gasteiger charge is -2.35. The maximum Gasteiger partial charge on any atom is 0.201 e. The minimum atomic E-state index is -1.01. The van der Waals surface area contributed by atoms with Gasteiger partial charge in [0, 0.05) is 11.1 Å². The maximum atomic E-state index is 15.3. The first kappa shape index (κ1) is 27.3. The second-order valence-electron chi connectivity index (χ2n) is 11.1. The molecular formula is C35H37F3O. The zero-order valence-electron chi connectivity index (χ0n) is 22.7. The number of ether oxygens (including phenoxy) is 1. The number of hydrogen-bond acceptors (Lipinski definition) is 1. The third-order valence-corrected chi connectivity index (χ3v) is 8.90. The first-order valence-corrected chi connectivity index (χ1v) is 14.2. The molecule has 0 radical (unpaired) electrons. The van der Waals surface area contributed by atoms with Crippen LogP contribution in [0.4, 0.5) is 13.2 Å². The van der Waals surface area contributed by atoms with Crippen LogP contribution in [0.15, 0.2) is 73.3 Å². The fourth-order valence-corrected chi connectivity index (χ4v) is 6.54. The normalized spacial score (nSPS) is 21.3. The number of halogens is 3. The van der Waals surface area contributed by atoms with Gasteiger partial charge in [0.05, 0.1) is 7.11 Å². The molecule has 0 spiro atoms. The average molecular weight is 531 g/mol. The number of rotatable bonds is 8. The first-order chi connectivity index (χ1) is 19.0. The summed E-state index contributed by atoms with van der Waals surface area (Å²) in [6.07, 6.45) is 15.2. The van der Waals surface area contributed by atoms with Crippen molar-refractivity contribution < 1.29 is 17.9 Å². The number of benzene rings is 3. The lowest BCUT2D eigenvalue weighted by Crippen LogP contribution is -2.23. The molecule has 1 unspecified atom stereocenters. The average Bonchev–Trinajstić information content (AvgIpc) is 2.98. The Morgan fingerprint density at radius 1 is 0.795 bits per heavy atom. The largest absolute Gasteiger partial charge is 0.494 e. The van der Waals surface area contributed by atoms with Gasteiger partial charge < -0.3 is 4.74 Å². The van der Waals surface area contributed by atoms with E-state index in [0.717, 1.165) is 60.1 Å². The molecule has 5 rings (SSSR count). The van der Waals surface area contributed by atoms with Gasteiger partial charge in [-0.3, -0.25) is 0 Å². The van der Waals surface area contributed by atoms with Crippen molar-refractivity contribution in [2.75, 3.05) is 7.11 Å². The molecule has 3 aromatic carbocycles. The highest BCUT2D eigenvalue weighted by Gasteiger charge is 2.29. The molecular weight excluding hydrogens is 493 g/mol. The van der Waals surface area contributed by atoms with Gasteiger partial charge in [-0.25, -0.2) is 8.78 Å². The van der Waals surface area contributed by atoms with Crippen molar-refractivity contribution in [3.8, 4) is 28.0 Å². The Kier molecular flexibility index (Phi) is 8.60. The molecule has 0 aliphatic heterocycles. The van der Waals surface area contributed by atoms with Crippen molar-refractivity contribution in [3.63, 3.8) is 0 Å². The lowest BCUT2D eigenvalue weighted by molar-refractivity contribution is 0.190. The summed E-state index contributed by atoms with van der Waals surface area (Å²) in [5.41, 5.74) is 4.08. The summed E-state index contributed by atoms with van der Waals surface area (Å²) >= 11 is 0. The predicted octanol–water partition coefficient (Wildman–Crippen LogP) is 10.4. The van der Waals surface area contributed by atoms with E-state index in [2.05, 4.69) is 12.7 Å². The SMILES string of the molecule is C=CCCC1CCC(C2CC=C(c3ccc(-c4ccc(-c5ccc(OC)c(F)c5F)cc4)cc3F)CC2)CC1. The molecule has 0 heterocycles. The summed E-state index contributed by atoms with van der Waals surface area (Å²) in [6.45, 7) is 3.86. The summed E-state index contributed by atoms with van der Waals surface area (Å²) < 4.78 is 48.8. The summed E-state index contributed by atoms with van der Waals surface area (Å²) in [6, 6.07) is 15.4. The molecule has 204 valence electrons. The third kappa shape index (κ3) is 6.00. The van der Waals surface area contributed by atoms with E-state index in [-0.39, 0.29) is 17.1 Å². The second-order valence-corrected chi connectivity index (χ2v) is 11.1. The van der Waals surface area contributed by atoms with Crippen molar-refractivity contribution in [2.45, 2.75) is 57.8 Å². The van der Waals surface area contributed by atoms with Crippen LogP contribution in [0.25, 0.3) is 27.8 Å². The van der Waals surface area contributed by atoms with Crippen molar-refractivity contribution >= 4 is 5.57 Å². The Bertz CT molecular complexity index is 1330. The molecule has 0 saturated heterocycles. The van der Waals surface area contributed by atoms with E-state index in [1.54, 1.807) is 18.2 Å². The highest BCUT2D eigenvalue weighted by atomic mass is 19.2. The lowest BCUT2D eigenvalue weighted by atomic mass is 9.70. The molecule has 3 aromatic rings. The van der Waals surface area contributed by atoms with Gasteiger partial charge in [0.25, 0.3) is 0 Å². The molecule has 0 bridgehead atoms. The molecule has 4 heteroatoms. The summed E-state index contributed by atoms with van der Waals surface area (Å²) in [7, 11) is 1.30. The zero-order valence-corrected chi connectivity index (χ0v) is 22.7. The number of hydrogen-bond donors (Lipinski definition) is 0. The molecule has 0 N–H and O–H groups in total. The van der Waals surface area contributed by atoms with Crippen LogP contribution < -0.4 is 4.74 Å². The predicted molar refractivity (Wildman–Crippen MR) is 154 cm³/mol. The van der Waals surface area contributed by atoms with Gasteiger partial charge in [-0.1, -0.05) is 61.4 Å². The highest BCUT2D eigenvalue weighted by Crippen LogP contribution is 2.42. The van der Waals surface area contributed by atoms with E-state index in [1.807, 2.05) is 30.3 Å². The monoisotopic (exact) mass is 530 g/mol. The zero-order chi connectivity index (χ0) is 27.4. The number of allylic oxidation sites excluding steroid dienone is 3. The van der Waals surface area contributed by atoms with Crippen molar-refractivity contribution in [3.05, 3.63) is 96.3 Å². The first-order valence-electron chi connectivity index (χ1n) is 14.2. The van der Waals surface area contributed by atoms with Gasteiger partial charge in [0.1, 0.15) is 5.82 Å². The van der Waals surface area contributed by atoms with Gasteiger partial charge in [-0.15, -0.1) is 6.58 Å². The van der Waals surface area contributed by atoms with Crippen LogP contribution in [0.3, 0.4) is 0 Å². The molecule has 1 nitrogen and oxygen atoms in total. The van der Waals surface area contributed by atoms with E-state index in [9.17, 15) is 8.78 Å². The topological polar surface area (TPSA) is 9.23 Å². The molecule has 1 saturated carbocycles. The van der Waals surface area contributed by atoms with Crippen LogP contribution in [-0.2, 0) is 0 Å². The highest BCUT2D eigenvalue weighted by molar-refractivity contribution is 5.74. The molecule has 0 aromatic heterocycles. The van der Waals surface area contributed by atoms with E-state index in [0.29, 0.717) is 11.1 Å². The van der Waals surface area contributed by atoms with Gasteiger partial charge in [0.15, 0.2) is 11.6 Å². The maximum absolute atomic E-state index is 15.3. The quantitative estimate of drug-likeness (QED) is 0.263. The fourth-order valence-electron chi connectivity index (χ4n) is 6.54. The Balaban J connectivity index is 1.24. The molecule has 0 amide bonds. The van der Waals surface area contributed by atoms with Gasteiger partial charge >= 0.3 is 0 Å². The van der Waals surface area contributed by atoms with Crippen molar-refractivity contribution in [1.29, 1.82) is 0 Å². The van der Waals surface area contributed by atoms with Crippen LogP contribution in [0.2, 0.25) is 0 Å². The molecule has 2 aliphatic carbocycles. The minimum Gasteiger partial charge on any atom is -0.494 e. The van der Waals surface area contributed by atoms with Crippen LogP contribution in [0.1, 0.15) is 63.4 Å². The van der Waals surface area contributed by atoms with Crippen LogP contribution in [0, 0.1) is 35.2 Å². The second kappa shape index (κ2) is 12.3. The third-order valence-electron chi connectivity index (χ3n) is 8.90. The minimum absolute atomic E-state index is 0.130. The fraction of sp³-hybridized carbons (Fsp3) is 0.371.